The predicted molar refractivity (Wildman–Crippen MR) is 112 cm³/mol. The number of nitriles is 1. The predicted octanol–water partition coefficient (Wildman–Crippen LogP) is 3.69. The summed E-state index contributed by atoms with van der Waals surface area (Å²) in [6, 6.07) is 13.0. The van der Waals surface area contributed by atoms with Crippen LogP contribution in [0.25, 0.3) is 0 Å². The van der Waals surface area contributed by atoms with E-state index in [1.165, 1.54) is 6.07 Å². The Hall–Kier alpha value is -3.05. The molecule has 30 heavy (non-hydrogen) atoms. The number of rotatable bonds is 8. The van der Waals surface area contributed by atoms with Crippen molar-refractivity contribution in [3.63, 3.8) is 0 Å². The van der Waals surface area contributed by atoms with Crippen molar-refractivity contribution in [3.05, 3.63) is 48.0 Å². The van der Waals surface area contributed by atoms with Crippen LogP contribution in [0.5, 0.6) is 11.5 Å². The lowest BCUT2D eigenvalue weighted by Gasteiger charge is -2.14. The zero-order chi connectivity index (χ0) is 21.6. The van der Waals surface area contributed by atoms with Crippen LogP contribution in [0.3, 0.4) is 0 Å². The molecular weight excluding hydrogens is 404 g/mol. The molecule has 0 aliphatic heterocycles. The Morgan fingerprint density at radius 2 is 1.90 bits per heavy atom. The van der Waals surface area contributed by atoms with E-state index in [-0.39, 0.29) is 16.8 Å². The highest BCUT2D eigenvalue weighted by Gasteiger charge is 2.30. The highest BCUT2D eigenvalue weighted by Crippen LogP contribution is 2.31. The molecule has 1 saturated carbocycles. The lowest BCUT2D eigenvalue weighted by molar-refractivity contribution is -0.118. The molecule has 1 aliphatic carbocycles. The molecule has 1 amide bonds. The van der Waals surface area contributed by atoms with Crippen LogP contribution in [-0.4, -0.2) is 32.8 Å². The molecule has 0 unspecified atom stereocenters. The number of hydrogen-bond acceptors (Lipinski definition) is 6. The van der Waals surface area contributed by atoms with Gasteiger partial charge >= 0.3 is 0 Å². The molecule has 0 atom stereocenters. The number of amides is 1. The number of nitrogens with zero attached hydrogens (tertiary/aromatic N) is 1. The molecule has 0 aromatic heterocycles. The van der Waals surface area contributed by atoms with Crippen LogP contribution >= 0.6 is 0 Å². The Morgan fingerprint density at radius 3 is 2.60 bits per heavy atom. The molecular formula is C22H24N2O5S. The second-order valence-corrected chi connectivity index (χ2v) is 9.25. The summed E-state index contributed by atoms with van der Waals surface area (Å²) in [6.45, 7) is 1.91. The maximum atomic E-state index is 12.8. The number of nitrogens with one attached hydrogen (secondary N) is 1. The number of ether oxygens (including phenoxy) is 2. The van der Waals surface area contributed by atoms with Crippen molar-refractivity contribution in [1.82, 2.24) is 0 Å². The normalized spacial score (nSPS) is 14.1. The minimum atomic E-state index is -3.40. The highest BCUT2D eigenvalue weighted by atomic mass is 32.2. The summed E-state index contributed by atoms with van der Waals surface area (Å²) >= 11 is 0. The van der Waals surface area contributed by atoms with Gasteiger partial charge in [0.2, 0.25) is 0 Å². The average molecular weight is 429 g/mol. The number of hydrogen-bond donors (Lipinski definition) is 1. The zero-order valence-corrected chi connectivity index (χ0v) is 17.6. The topological polar surface area (TPSA) is 105 Å². The van der Waals surface area contributed by atoms with Gasteiger partial charge in [0.1, 0.15) is 0 Å². The Kier molecular flexibility index (Phi) is 6.95. The van der Waals surface area contributed by atoms with Gasteiger partial charge in [0.15, 0.2) is 27.9 Å². The highest BCUT2D eigenvalue weighted by molar-refractivity contribution is 7.92. The van der Waals surface area contributed by atoms with E-state index in [0.717, 1.165) is 12.8 Å². The van der Waals surface area contributed by atoms with E-state index in [1.807, 2.05) is 13.0 Å². The molecule has 0 bridgehead atoms. The van der Waals surface area contributed by atoms with Gasteiger partial charge < -0.3 is 14.8 Å². The van der Waals surface area contributed by atoms with Crippen LogP contribution < -0.4 is 14.8 Å². The molecule has 2 aromatic carbocycles. The first-order valence-electron chi connectivity index (χ1n) is 9.87. The van der Waals surface area contributed by atoms with Crippen LogP contribution in [0.2, 0.25) is 0 Å². The van der Waals surface area contributed by atoms with Crippen LogP contribution in [0.4, 0.5) is 5.69 Å². The van der Waals surface area contributed by atoms with Crippen molar-refractivity contribution >= 4 is 21.4 Å². The third-order valence-corrected chi connectivity index (χ3v) is 7.18. The van der Waals surface area contributed by atoms with E-state index in [0.29, 0.717) is 42.2 Å². The van der Waals surface area contributed by atoms with E-state index >= 15 is 0 Å². The summed E-state index contributed by atoms with van der Waals surface area (Å²) in [5, 5.41) is 11.3. The molecule has 0 heterocycles. The van der Waals surface area contributed by atoms with Gasteiger partial charge in [-0.2, -0.15) is 5.26 Å². The molecule has 0 radical (unpaired) electrons. The summed E-state index contributed by atoms with van der Waals surface area (Å²) in [4.78, 5) is 12.5. The van der Waals surface area contributed by atoms with Gasteiger partial charge in [0.05, 0.1) is 28.4 Å². The average Bonchev–Trinajstić information content (AvgIpc) is 3.29. The van der Waals surface area contributed by atoms with Crippen molar-refractivity contribution in [2.75, 3.05) is 18.5 Å². The Morgan fingerprint density at radius 1 is 1.13 bits per heavy atom. The number of carbonyl (C=O) groups excluding carboxylic acids is 1. The van der Waals surface area contributed by atoms with E-state index in [2.05, 4.69) is 5.32 Å². The summed E-state index contributed by atoms with van der Waals surface area (Å²) in [5.74, 6) is 0.301. The first-order chi connectivity index (χ1) is 14.4. The summed E-state index contributed by atoms with van der Waals surface area (Å²) in [7, 11) is -3.40. The fourth-order valence-electron chi connectivity index (χ4n) is 3.45. The monoisotopic (exact) mass is 428 g/mol. The van der Waals surface area contributed by atoms with Crippen molar-refractivity contribution in [2.24, 2.45) is 0 Å². The number of carbonyl (C=O) groups is 1. The molecule has 8 heteroatoms. The van der Waals surface area contributed by atoms with Gasteiger partial charge in [-0.05, 0) is 50.1 Å². The SMILES string of the molecule is CCOc1cc(C#N)ccc1OCC(=O)Nc1cccc(S(=O)(=O)C2CCCC2)c1. The van der Waals surface area contributed by atoms with Crippen LogP contribution in [-0.2, 0) is 14.6 Å². The molecule has 1 fully saturated rings. The maximum absolute atomic E-state index is 12.8. The van der Waals surface area contributed by atoms with Gasteiger partial charge in [-0.3, -0.25) is 4.79 Å². The third-order valence-electron chi connectivity index (χ3n) is 4.92. The second kappa shape index (κ2) is 9.63. The van der Waals surface area contributed by atoms with E-state index in [1.54, 1.807) is 36.4 Å². The van der Waals surface area contributed by atoms with Crippen molar-refractivity contribution in [3.8, 4) is 17.6 Å². The Balaban J connectivity index is 1.65. The lowest BCUT2D eigenvalue weighted by Crippen LogP contribution is -2.21. The quantitative estimate of drug-likeness (QED) is 0.687. The standard InChI is InChI=1S/C22H24N2O5S/c1-2-28-21-12-16(14-23)10-11-20(21)29-15-22(25)24-17-6-5-9-19(13-17)30(26,27)18-7-3-4-8-18/h5-6,9-13,18H,2-4,7-8,15H2,1H3,(H,24,25). The van der Waals surface area contributed by atoms with Crippen LogP contribution in [0.1, 0.15) is 38.2 Å². The van der Waals surface area contributed by atoms with Crippen molar-refractivity contribution < 1.29 is 22.7 Å². The molecule has 0 saturated heterocycles. The van der Waals surface area contributed by atoms with E-state index in [4.69, 9.17) is 14.7 Å². The van der Waals surface area contributed by atoms with Crippen LogP contribution in [0, 0.1) is 11.3 Å². The number of benzene rings is 2. The molecule has 0 spiro atoms. The van der Waals surface area contributed by atoms with Gasteiger partial charge in [-0.25, -0.2) is 8.42 Å². The smallest absolute Gasteiger partial charge is 0.262 e. The van der Waals surface area contributed by atoms with Crippen molar-refractivity contribution in [1.29, 1.82) is 5.26 Å². The minimum Gasteiger partial charge on any atom is -0.490 e. The van der Waals surface area contributed by atoms with Crippen molar-refractivity contribution in [2.45, 2.75) is 42.8 Å². The first-order valence-corrected chi connectivity index (χ1v) is 11.4. The third kappa shape index (κ3) is 5.10. The largest absolute Gasteiger partial charge is 0.490 e. The van der Waals surface area contributed by atoms with Gasteiger partial charge in [-0.1, -0.05) is 18.9 Å². The van der Waals surface area contributed by atoms with Gasteiger partial charge in [0, 0.05) is 11.8 Å². The van der Waals surface area contributed by atoms with E-state index < -0.39 is 15.7 Å². The maximum Gasteiger partial charge on any atom is 0.262 e. The second-order valence-electron chi connectivity index (χ2n) is 7.02. The van der Waals surface area contributed by atoms with Crippen LogP contribution in [0.15, 0.2) is 47.4 Å². The molecule has 1 N–H and O–H groups in total. The Labute approximate surface area is 176 Å². The van der Waals surface area contributed by atoms with Gasteiger partial charge in [-0.15, -0.1) is 0 Å². The summed E-state index contributed by atoms with van der Waals surface area (Å²) in [5.41, 5.74) is 0.822. The first kappa shape index (κ1) is 21.7. The molecule has 2 aromatic rings. The summed E-state index contributed by atoms with van der Waals surface area (Å²) in [6.07, 6.45) is 3.21. The molecule has 3 rings (SSSR count). The lowest BCUT2D eigenvalue weighted by atomic mass is 10.2. The Bertz CT molecular complexity index is 1050. The molecule has 1 aliphatic rings. The fourth-order valence-corrected chi connectivity index (χ4v) is 5.35. The fraction of sp³-hybridized carbons (Fsp3) is 0.364. The van der Waals surface area contributed by atoms with Gasteiger partial charge in [0.25, 0.3) is 5.91 Å². The zero-order valence-electron chi connectivity index (χ0n) is 16.8. The minimum absolute atomic E-state index is 0.221. The van der Waals surface area contributed by atoms with E-state index in [9.17, 15) is 13.2 Å². The number of anilines is 1. The number of sulfone groups is 1. The molecule has 7 nitrogen and oxygen atoms in total. The summed E-state index contributed by atoms with van der Waals surface area (Å²) < 4.78 is 36.5. The molecule has 158 valence electrons.